The fourth-order valence-electron chi connectivity index (χ4n) is 2.55. The van der Waals surface area contributed by atoms with E-state index in [2.05, 4.69) is 50.4 Å². The molecule has 0 aromatic heterocycles. The summed E-state index contributed by atoms with van der Waals surface area (Å²) in [7, 11) is 0. The molecule has 1 fully saturated rings. The van der Waals surface area contributed by atoms with E-state index in [0.717, 1.165) is 0 Å². The molecule has 0 radical (unpaired) electrons. The predicted molar refractivity (Wildman–Crippen MR) is 75.6 cm³/mol. The van der Waals surface area contributed by atoms with E-state index < -0.39 is 0 Å². The molecule has 0 saturated heterocycles. The zero-order valence-corrected chi connectivity index (χ0v) is 11.4. The van der Waals surface area contributed by atoms with Gasteiger partial charge in [-0.05, 0) is 36.0 Å². The summed E-state index contributed by atoms with van der Waals surface area (Å²) in [6, 6.07) is 9.67. The summed E-state index contributed by atoms with van der Waals surface area (Å²) in [5, 5.41) is 3.66. The molecule has 2 rings (SSSR count). The molecular weight excluding hydrogens is 206 g/mol. The lowest BCUT2D eigenvalue weighted by molar-refractivity contribution is 0.462. The molecule has 0 spiro atoms. The van der Waals surface area contributed by atoms with Gasteiger partial charge in [0.2, 0.25) is 0 Å². The molecule has 1 aromatic carbocycles. The summed E-state index contributed by atoms with van der Waals surface area (Å²) in [6.45, 7) is 6.78. The molecule has 1 aliphatic rings. The maximum atomic E-state index is 3.66. The van der Waals surface area contributed by atoms with Crippen LogP contribution >= 0.6 is 0 Å². The van der Waals surface area contributed by atoms with Gasteiger partial charge in [-0.1, -0.05) is 52.2 Å². The van der Waals surface area contributed by atoms with Gasteiger partial charge in [-0.15, -0.1) is 0 Å². The Morgan fingerprint density at radius 2 is 1.53 bits per heavy atom. The van der Waals surface area contributed by atoms with Crippen LogP contribution in [0.5, 0.6) is 0 Å². The van der Waals surface area contributed by atoms with Crippen molar-refractivity contribution in [3.8, 4) is 0 Å². The third kappa shape index (κ3) is 3.49. The van der Waals surface area contributed by atoms with Crippen LogP contribution in [0.2, 0.25) is 0 Å². The smallest absolute Gasteiger partial charge is 0.0342 e. The van der Waals surface area contributed by atoms with Crippen LogP contribution in [0.25, 0.3) is 0 Å². The Labute approximate surface area is 106 Å². The van der Waals surface area contributed by atoms with Gasteiger partial charge in [0, 0.05) is 11.7 Å². The van der Waals surface area contributed by atoms with Crippen molar-refractivity contribution in [1.29, 1.82) is 0 Å². The summed E-state index contributed by atoms with van der Waals surface area (Å²) in [5.41, 5.74) is 2.94. The minimum absolute atomic E-state index is 0.253. The van der Waals surface area contributed by atoms with E-state index in [4.69, 9.17) is 0 Å². The number of hydrogen-bond donors (Lipinski definition) is 1. The van der Waals surface area contributed by atoms with E-state index in [1.54, 1.807) is 0 Å². The van der Waals surface area contributed by atoms with Crippen molar-refractivity contribution in [2.24, 2.45) is 0 Å². The first-order chi connectivity index (χ1) is 8.05. The van der Waals surface area contributed by atoms with Crippen LogP contribution in [0.15, 0.2) is 24.3 Å². The molecule has 0 atom stereocenters. The highest BCUT2D eigenvalue weighted by Crippen LogP contribution is 2.25. The van der Waals surface area contributed by atoms with Crippen molar-refractivity contribution in [3.05, 3.63) is 29.8 Å². The van der Waals surface area contributed by atoms with Crippen LogP contribution in [0.4, 0.5) is 5.69 Å². The zero-order valence-electron chi connectivity index (χ0n) is 11.4. The fourth-order valence-corrected chi connectivity index (χ4v) is 2.55. The van der Waals surface area contributed by atoms with Gasteiger partial charge in [0.25, 0.3) is 0 Å². The summed E-state index contributed by atoms with van der Waals surface area (Å²) >= 11 is 0. The van der Waals surface area contributed by atoms with Gasteiger partial charge < -0.3 is 5.32 Å². The normalized spacial score (nSPS) is 18.1. The summed E-state index contributed by atoms with van der Waals surface area (Å²) in [4.78, 5) is 0. The molecular formula is C16H25N. The highest BCUT2D eigenvalue weighted by molar-refractivity contribution is 5.46. The Bertz CT molecular complexity index is 339. The van der Waals surface area contributed by atoms with Crippen LogP contribution in [-0.4, -0.2) is 6.04 Å². The van der Waals surface area contributed by atoms with Gasteiger partial charge in [0.1, 0.15) is 0 Å². The Hall–Kier alpha value is -0.980. The predicted octanol–water partition coefficient (Wildman–Crippen LogP) is 4.73. The molecule has 1 aromatic rings. The van der Waals surface area contributed by atoms with Gasteiger partial charge in [0.15, 0.2) is 0 Å². The first-order valence-electron chi connectivity index (χ1n) is 6.93. The van der Waals surface area contributed by atoms with Crippen molar-refractivity contribution in [2.45, 2.75) is 64.3 Å². The summed E-state index contributed by atoms with van der Waals surface area (Å²) < 4.78 is 0. The van der Waals surface area contributed by atoms with Crippen molar-refractivity contribution < 1.29 is 0 Å². The van der Waals surface area contributed by atoms with Gasteiger partial charge in [-0.2, -0.15) is 0 Å². The molecule has 17 heavy (non-hydrogen) atoms. The Morgan fingerprint density at radius 1 is 0.941 bits per heavy atom. The Balaban J connectivity index is 1.98. The van der Waals surface area contributed by atoms with E-state index in [0.29, 0.717) is 6.04 Å². The van der Waals surface area contributed by atoms with Crippen molar-refractivity contribution in [2.75, 3.05) is 5.32 Å². The van der Waals surface area contributed by atoms with Gasteiger partial charge in [0.05, 0.1) is 0 Å². The molecule has 1 nitrogen and oxygen atoms in total. The SMILES string of the molecule is CC(C)(C)c1ccc(NC2CCCCC2)cc1. The quantitative estimate of drug-likeness (QED) is 0.776. The second-order valence-corrected chi connectivity index (χ2v) is 6.31. The van der Waals surface area contributed by atoms with E-state index in [1.807, 2.05) is 0 Å². The Morgan fingerprint density at radius 3 is 2.06 bits per heavy atom. The highest BCUT2D eigenvalue weighted by atomic mass is 14.9. The summed E-state index contributed by atoms with van der Waals surface area (Å²) in [5.74, 6) is 0. The fraction of sp³-hybridized carbons (Fsp3) is 0.625. The first kappa shape index (κ1) is 12.5. The maximum Gasteiger partial charge on any atom is 0.0342 e. The zero-order chi connectivity index (χ0) is 12.3. The highest BCUT2D eigenvalue weighted by Gasteiger charge is 2.15. The number of anilines is 1. The van der Waals surface area contributed by atoms with E-state index in [1.165, 1.54) is 43.4 Å². The van der Waals surface area contributed by atoms with Gasteiger partial charge >= 0.3 is 0 Å². The number of nitrogens with one attached hydrogen (secondary N) is 1. The molecule has 0 amide bonds. The van der Waals surface area contributed by atoms with Crippen LogP contribution in [-0.2, 0) is 5.41 Å². The molecule has 0 bridgehead atoms. The first-order valence-corrected chi connectivity index (χ1v) is 6.93. The van der Waals surface area contributed by atoms with E-state index >= 15 is 0 Å². The van der Waals surface area contributed by atoms with Crippen LogP contribution < -0.4 is 5.32 Å². The number of rotatable bonds is 2. The topological polar surface area (TPSA) is 12.0 Å². The van der Waals surface area contributed by atoms with Crippen molar-refractivity contribution in [3.63, 3.8) is 0 Å². The third-order valence-corrected chi connectivity index (χ3v) is 3.73. The lowest BCUT2D eigenvalue weighted by Gasteiger charge is -2.25. The average Bonchev–Trinajstić information content (AvgIpc) is 2.30. The standard InChI is InChI=1S/C16H25N/c1-16(2,3)13-9-11-15(12-10-13)17-14-7-5-4-6-8-14/h9-12,14,17H,4-8H2,1-3H3. The molecule has 0 aliphatic heterocycles. The van der Waals surface area contributed by atoms with Crippen LogP contribution in [0.3, 0.4) is 0 Å². The molecule has 1 N–H and O–H groups in total. The second kappa shape index (κ2) is 5.12. The maximum absolute atomic E-state index is 3.66. The van der Waals surface area contributed by atoms with Gasteiger partial charge in [-0.3, -0.25) is 0 Å². The second-order valence-electron chi connectivity index (χ2n) is 6.31. The third-order valence-electron chi connectivity index (χ3n) is 3.73. The monoisotopic (exact) mass is 231 g/mol. The summed E-state index contributed by atoms with van der Waals surface area (Å²) in [6.07, 6.45) is 6.86. The van der Waals surface area contributed by atoms with Crippen LogP contribution in [0, 0.1) is 0 Å². The van der Waals surface area contributed by atoms with E-state index in [9.17, 15) is 0 Å². The van der Waals surface area contributed by atoms with Crippen molar-refractivity contribution in [1.82, 2.24) is 0 Å². The molecule has 0 unspecified atom stereocenters. The lowest BCUT2D eigenvalue weighted by atomic mass is 9.87. The lowest BCUT2D eigenvalue weighted by Crippen LogP contribution is -2.22. The molecule has 1 heteroatoms. The van der Waals surface area contributed by atoms with Crippen LogP contribution in [0.1, 0.15) is 58.4 Å². The Kier molecular flexibility index (Phi) is 3.76. The van der Waals surface area contributed by atoms with Crippen molar-refractivity contribution >= 4 is 5.69 Å². The molecule has 0 heterocycles. The molecule has 1 saturated carbocycles. The number of benzene rings is 1. The molecule has 94 valence electrons. The largest absolute Gasteiger partial charge is 0.382 e. The molecule has 1 aliphatic carbocycles. The minimum atomic E-state index is 0.253. The van der Waals surface area contributed by atoms with E-state index in [-0.39, 0.29) is 5.41 Å². The minimum Gasteiger partial charge on any atom is -0.382 e. The van der Waals surface area contributed by atoms with Gasteiger partial charge in [-0.25, -0.2) is 0 Å². The average molecular weight is 231 g/mol. The number of hydrogen-bond acceptors (Lipinski definition) is 1.